The van der Waals surface area contributed by atoms with Crippen LogP contribution < -0.4 is 9.47 Å². The van der Waals surface area contributed by atoms with Crippen molar-refractivity contribution < 1.29 is 19.1 Å². The molecule has 0 aliphatic carbocycles. The maximum Gasteiger partial charge on any atom is 0.293 e. The van der Waals surface area contributed by atoms with Gasteiger partial charge in [0, 0.05) is 0 Å². The largest absolute Gasteiger partial charge is 0.493 e. The Morgan fingerprint density at radius 1 is 0.909 bits per heavy atom. The molecule has 0 radical (unpaired) electrons. The van der Waals surface area contributed by atoms with Crippen LogP contribution in [0, 0.1) is 0 Å². The maximum atomic E-state index is 12.8. The number of rotatable bonds is 7. The molecule has 3 aromatic rings. The monoisotopic (exact) mass is 499 g/mol. The molecule has 0 saturated carbocycles. The first-order chi connectivity index (χ1) is 15.9. The quantitative estimate of drug-likeness (QED) is 0.334. The molecule has 168 valence electrons. The summed E-state index contributed by atoms with van der Waals surface area (Å²) in [6, 6.07) is 20.0. The van der Waals surface area contributed by atoms with Crippen LogP contribution in [0.2, 0.25) is 10.0 Å². The third kappa shape index (κ3) is 5.53. The van der Waals surface area contributed by atoms with Gasteiger partial charge in [0.2, 0.25) is 0 Å². The molecule has 0 unspecified atom stereocenters. The highest BCUT2D eigenvalue weighted by atomic mass is 35.5. The van der Waals surface area contributed by atoms with Gasteiger partial charge in [-0.3, -0.25) is 14.5 Å². The van der Waals surface area contributed by atoms with Crippen LogP contribution >= 0.6 is 35.0 Å². The number of methoxy groups -OCH3 is 1. The molecule has 8 heteroatoms. The third-order valence-electron chi connectivity index (χ3n) is 4.92. The Morgan fingerprint density at radius 3 is 2.42 bits per heavy atom. The Balaban J connectivity index is 1.48. The zero-order valence-electron chi connectivity index (χ0n) is 17.6. The van der Waals surface area contributed by atoms with Gasteiger partial charge < -0.3 is 9.47 Å². The summed E-state index contributed by atoms with van der Waals surface area (Å²) in [5, 5.41) is 0.653. The Kier molecular flexibility index (Phi) is 7.28. The number of amides is 2. The molecule has 1 saturated heterocycles. The van der Waals surface area contributed by atoms with Crippen molar-refractivity contribution in [2.24, 2.45) is 0 Å². The van der Waals surface area contributed by atoms with E-state index in [1.54, 1.807) is 43.5 Å². The second-order valence-corrected chi connectivity index (χ2v) is 9.01. The van der Waals surface area contributed by atoms with Gasteiger partial charge in [0.15, 0.2) is 11.5 Å². The van der Waals surface area contributed by atoms with E-state index in [0.29, 0.717) is 26.4 Å². The fourth-order valence-electron chi connectivity index (χ4n) is 3.24. The normalized spacial score (nSPS) is 14.8. The molecule has 1 heterocycles. The summed E-state index contributed by atoms with van der Waals surface area (Å²) in [5.74, 6) is 0.734. The lowest BCUT2D eigenvalue weighted by molar-refractivity contribution is -0.123. The highest BCUT2D eigenvalue weighted by molar-refractivity contribution is 8.18. The van der Waals surface area contributed by atoms with Crippen molar-refractivity contribution in [1.29, 1.82) is 0 Å². The van der Waals surface area contributed by atoms with E-state index in [9.17, 15) is 9.59 Å². The zero-order valence-corrected chi connectivity index (χ0v) is 19.9. The van der Waals surface area contributed by atoms with Crippen molar-refractivity contribution >= 4 is 52.2 Å². The number of nitrogens with zero attached hydrogens (tertiary/aromatic N) is 1. The van der Waals surface area contributed by atoms with Crippen LogP contribution in [-0.4, -0.2) is 23.2 Å². The average Bonchev–Trinajstić information content (AvgIpc) is 3.08. The van der Waals surface area contributed by atoms with E-state index in [1.807, 2.05) is 36.4 Å². The number of thioether (sulfide) groups is 1. The van der Waals surface area contributed by atoms with Gasteiger partial charge in [-0.2, -0.15) is 0 Å². The summed E-state index contributed by atoms with van der Waals surface area (Å²) in [6.07, 6.45) is 1.68. The van der Waals surface area contributed by atoms with E-state index >= 15 is 0 Å². The lowest BCUT2D eigenvalue weighted by atomic mass is 10.1. The molecule has 1 fully saturated rings. The van der Waals surface area contributed by atoms with Crippen LogP contribution in [0.3, 0.4) is 0 Å². The van der Waals surface area contributed by atoms with Gasteiger partial charge >= 0.3 is 0 Å². The second-order valence-electron chi connectivity index (χ2n) is 7.20. The predicted molar refractivity (Wildman–Crippen MR) is 132 cm³/mol. The van der Waals surface area contributed by atoms with Crippen LogP contribution in [0.15, 0.2) is 71.6 Å². The van der Waals surface area contributed by atoms with Crippen LogP contribution in [-0.2, 0) is 17.9 Å². The predicted octanol–water partition coefficient (Wildman–Crippen LogP) is 6.82. The standard InChI is InChI=1S/C25H19Cl2NO4S/c1-31-22-12-17(8-10-21(22)32-15-18-7-9-19(26)20(27)11-18)13-23-24(29)28(25(30)33-23)14-16-5-3-2-4-6-16/h2-13H,14-15H2,1H3/b23-13-. The third-order valence-corrected chi connectivity index (χ3v) is 6.57. The van der Waals surface area contributed by atoms with Crippen LogP contribution in [0.4, 0.5) is 4.79 Å². The maximum absolute atomic E-state index is 12.8. The molecule has 2 amide bonds. The molecule has 0 bridgehead atoms. The lowest BCUT2D eigenvalue weighted by Crippen LogP contribution is -2.27. The van der Waals surface area contributed by atoms with E-state index in [2.05, 4.69) is 0 Å². The molecule has 0 atom stereocenters. The summed E-state index contributed by atoms with van der Waals surface area (Å²) in [5.41, 5.74) is 2.48. The van der Waals surface area contributed by atoms with Gasteiger partial charge in [-0.25, -0.2) is 0 Å². The van der Waals surface area contributed by atoms with Crippen molar-refractivity contribution in [3.8, 4) is 11.5 Å². The van der Waals surface area contributed by atoms with E-state index in [0.717, 1.165) is 28.5 Å². The topological polar surface area (TPSA) is 55.8 Å². The Morgan fingerprint density at radius 2 is 1.70 bits per heavy atom. The molecular formula is C25H19Cl2NO4S. The van der Waals surface area contributed by atoms with Crippen molar-refractivity contribution in [2.45, 2.75) is 13.2 Å². The molecule has 0 spiro atoms. The minimum Gasteiger partial charge on any atom is -0.493 e. The molecule has 1 aliphatic rings. The minimum atomic E-state index is -0.312. The molecule has 5 nitrogen and oxygen atoms in total. The number of benzene rings is 3. The van der Waals surface area contributed by atoms with E-state index in [4.69, 9.17) is 32.7 Å². The van der Waals surface area contributed by atoms with Crippen LogP contribution in [0.25, 0.3) is 6.08 Å². The van der Waals surface area contributed by atoms with Crippen molar-refractivity contribution in [2.75, 3.05) is 7.11 Å². The first kappa shape index (κ1) is 23.2. The lowest BCUT2D eigenvalue weighted by Gasteiger charge is -2.12. The zero-order chi connectivity index (χ0) is 23.4. The number of carbonyl (C=O) groups excluding carboxylic acids is 2. The molecule has 33 heavy (non-hydrogen) atoms. The smallest absolute Gasteiger partial charge is 0.293 e. The number of ether oxygens (including phenoxy) is 2. The number of hydrogen-bond acceptors (Lipinski definition) is 5. The summed E-state index contributed by atoms with van der Waals surface area (Å²) >= 11 is 12.9. The summed E-state index contributed by atoms with van der Waals surface area (Å²) in [6.45, 7) is 0.526. The van der Waals surface area contributed by atoms with E-state index in [-0.39, 0.29) is 24.3 Å². The van der Waals surface area contributed by atoms with Gasteiger partial charge in [0.25, 0.3) is 11.1 Å². The Bertz CT molecular complexity index is 1230. The number of imide groups is 1. The first-order valence-electron chi connectivity index (χ1n) is 9.98. The molecular weight excluding hydrogens is 481 g/mol. The van der Waals surface area contributed by atoms with Crippen molar-refractivity contribution in [3.63, 3.8) is 0 Å². The van der Waals surface area contributed by atoms with Gasteiger partial charge in [-0.05, 0) is 58.8 Å². The minimum absolute atomic E-state index is 0.244. The Hall–Kier alpha value is -2.93. The molecule has 3 aromatic carbocycles. The van der Waals surface area contributed by atoms with Crippen molar-refractivity contribution in [3.05, 3.63) is 98.4 Å². The van der Waals surface area contributed by atoms with Gasteiger partial charge in [0.1, 0.15) is 6.61 Å². The van der Waals surface area contributed by atoms with Gasteiger partial charge in [0.05, 0.1) is 28.6 Å². The number of hydrogen-bond donors (Lipinski definition) is 0. The summed E-state index contributed by atoms with van der Waals surface area (Å²) in [7, 11) is 1.54. The first-order valence-corrected chi connectivity index (χ1v) is 11.6. The van der Waals surface area contributed by atoms with Crippen molar-refractivity contribution in [1.82, 2.24) is 4.90 Å². The number of halogens is 2. The highest BCUT2D eigenvalue weighted by Gasteiger charge is 2.35. The molecule has 1 aliphatic heterocycles. The molecule has 0 aromatic heterocycles. The molecule has 0 N–H and O–H groups in total. The van der Waals surface area contributed by atoms with E-state index < -0.39 is 0 Å². The Labute approximate surface area is 205 Å². The second kappa shape index (κ2) is 10.3. The van der Waals surface area contributed by atoms with Gasteiger partial charge in [-0.15, -0.1) is 0 Å². The number of carbonyl (C=O) groups is 2. The average molecular weight is 500 g/mol. The van der Waals surface area contributed by atoms with E-state index in [1.165, 1.54) is 4.90 Å². The summed E-state index contributed by atoms with van der Waals surface area (Å²) < 4.78 is 11.3. The van der Waals surface area contributed by atoms with Gasteiger partial charge in [-0.1, -0.05) is 65.7 Å². The SMILES string of the molecule is COc1cc(/C=C2\SC(=O)N(Cc3ccccc3)C2=O)ccc1OCc1ccc(Cl)c(Cl)c1. The highest BCUT2D eigenvalue weighted by Crippen LogP contribution is 2.35. The fourth-order valence-corrected chi connectivity index (χ4v) is 4.40. The summed E-state index contributed by atoms with van der Waals surface area (Å²) in [4.78, 5) is 26.8. The molecule has 4 rings (SSSR count). The fraction of sp³-hybridized carbons (Fsp3) is 0.120. The van der Waals surface area contributed by atoms with Crippen LogP contribution in [0.5, 0.6) is 11.5 Å². The van der Waals surface area contributed by atoms with Crippen LogP contribution in [0.1, 0.15) is 16.7 Å².